The third kappa shape index (κ3) is 0.889. The number of allylic oxidation sites excluding steroid dienone is 3. The van der Waals surface area contributed by atoms with Crippen molar-refractivity contribution in [1.29, 1.82) is 0 Å². The molecule has 0 bridgehead atoms. The van der Waals surface area contributed by atoms with E-state index in [0.717, 1.165) is 6.42 Å². The summed E-state index contributed by atoms with van der Waals surface area (Å²) >= 11 is 0. The van der Waals surface area contributed by atoms with Gasteiger partial charge in [0.25, 0.3) is 0 Å². The highest BCUT2D eigenvalue weighted by molar-refractivity contribution is 5.95. The van der Waals surface area contributed by atoms with Crippen molar-refractivity contribution in [1.82, 2.24) is 0 Å². The Morgan fingerprint density at radius 1 is 1.67 bits per heavy atom. The fourth-order valence-corrected chi connectivity index (χ4v) is 2.64. The van der Waals surface area contributed by atoms with Gasteiger partial charge in [-0.2, -0.15) is 0 Å². The van der Waals surface area contributed by atoms with Crippen molar-refractivity contribution in [2.24, 2.45) is 23.7 Å². The Labute approximate surface area is 73.2 Å². The van der Waals surface area contributed by atoms with E-state index in [1.807, 2.05) is 6.08 Å². The quantitative estimate of drug-likeness (QED) is 0.540. The fourth-order valence-electron chi connectivity index (χ4n) is 2.64. The third-order valence-electron chi connectivity index (χ3n) is 3.39. The summed E-state index contributed by atoms with van der Waals surface area (Å²) in [5.74, 6) is 2.16. The Bertz CT molecular complexity index is 252. The molecule has 64 valence electrons. The van der Waals surface area contributed by atoms with Gasteiger partial charge in [-0.25, -0.2) is 0 Å². The number of hydrogen-bond acceptors (Lipinski definition) is 1. The number of hydrogen-bond donors (Lipinski definition) is 0. The molecule has 0 heterocycles. The van der Waals surface area contributed by atoms with Gasteiger partial charge in [0, 0.05) is 5.92 Å². The number of ketones is 1. The Hall–Kier alpha value is -0.850. The van der Waals surface area contributed by atoms with E-state index in [-0.39, 0.29) is 5.92 Å². The molecule has 0 aromatic rings. The van der Waals surface area contributed by atoms with Crippen LogP contribution in [0.15, 0.2) is 24.8 Å². The summed E-state index contributed by atoms with van der Waals surface area (Å²) in [4.78, 5) is 11.4. The highest BCUT2D eigenvalue weighted by atomic mass is 16.1. The van der Waals surface area contributed by atoms with E-state index in [4.69, 9.17) is 0 Å². The van der Waals surface area contributed by atoms with Gasteiger partial charge in [-0.05, 0) is 30.3 Å². The molecule has 0 saturated heterocycles. The smallest absolute Gasteiger partial charge is 0.159 e. The van der Waals surface area contributed by atoms with Crippen LogP contribution in [0.5, 0.6) is 0 Å². The maximum Gasteiger partial charge on any atom is 0.159 e. The molecule has 2 aliphatic carbocycles. The summed E-state index contributed by atoms with van der Waals surface area (Å²) in [5, 5.41) is 0. The molecule has 4 unspecified atom stereocenters. The molecule has 0 spiro atoms. The molecule has 2 aliphatic rings. The van der Waals surface area contributed by atoms with Crippen molar-refractivity contribution >= 4 is 5.78 Å². The third-order valence-corrected chi connectivity index (χ3v) is 3.39. The molecule has 2 rings (SSSR count). The summed E-state index contributed by atoms with van der Waals surface area (Å²) in [5.41, 5.74) is 0. The molecule has 0 amide bonds. The molecule has 0 aromatic heterocycles. The van der Waals surface area contributed by atoms with Gasteiger partial charge in [0.2, 0.25) is 0 Å². The molecule has 12 heavy (non-hydrogen) atoms. The number of rotatable bonds is 1. The van der Waals surface area contributed by atoms with E-state index < -0.39 is 0 Å². The maximum absolute atomic E-state index is 11.4. The predicted molar refractivity (Wildman–Crippen MR) is 48.6 cm³/mol. The summed E-state index contributed by atoms with van der Waals surface area (Å²) in [6.07, 6.45) is 6.96. The minimum Gasteiger partial charge on any atom is -0.295 e. The Morgan fingerprint density at radius 3 is 3.00 bits per heavy atom. The first-order valence-electron chi connectivity index (χ1n) is 4.58. The zero-order chi connectivity index (χ0) is 8.72. The van der Waals surface area contributed by atoms with Crippen LogP contribution < -0.4 is 0 Å². The van der Waals surface area contributed by atoms with E-state index in [1.54, 1.807) is 6.08 Å². The predicted octanol–water partition coefficient (Wildman–Crippen LogP) is 2.20. The summed E-state index contributed by atoms with van der Waals surface area (Å²) in [6, 6.07) is 0. The van der Waals surface area contributed by atoms with Gasteiger partial charge in [0.15, 0.2) is 5.78 Å². The zero-order valence-electron chi connectivity index (χ0n) is 7.36. The summed E-state index contributed by atoms with van der Waals surface area (Å²) in [7, 11) is 0. The van der Waals surface area contributed by atoms with Crippen LogP contribution in [0.1, 0.15) is 13.3 Å². The molecular formula is C11H14O. The molecule has 1 saturated carbocycles. The zero-order valence-corrected chi connectivity index (χ0v) is 7.36. The molecule has 0 aromatic carbocycles. The second kappa shape index (κ2) is 2.58. The second-order valence-corrected chi connectivity index (χ2v) is 3.95. The first kappa shape index (κ1) is 7.78. The Kier molecular flexibility index (Phi) is 1.67. The molecule has 1 nitrogen and oxygen atoms in total. The van der Waals surface area contributed by atoms with E-state index in [0.29, 0.717) is 23.5 Å². The van der Waals surface area contributed by atoms with E-state index >= 15 is 0 Å². The monoisotopic (exact) mass is 162 g/mol. The fraction of sp³-hybridized carbons (Fsp3) is 0.545. The SMILES string of the molecule is C=CC1CC2C=CC(=O)C2C1C. The van der Waals surface area contributed by atoms with E-state index in [1.165, 1.54) is 0 Å². The minimum atomic E-state index is 0.271. The van der Waals surface area contributed by atoms with Crippen LogP contribution in [0.3, 0.4) is 0 Å². The molecule has 4 atom stereocenters. The largest absolute Gasteiger partial charge is 0.295 e. The lowest BCUT2D eigenvalue weighted by molar-refractivity contribution is -0.118. The van der Waals surface area contributed by atoms with Gasteiger partial charge >= 0.3 is 0 Å². The van der Waals surface area contributed by atoms with Crippen LogP contribution in [-0.2, 0) is 4.79 Å². The van der Waals surface area contributed by atoms with E-state index in [9.17, 15) is 4.79 Å². The molecule has 0 radical (unpaired) electrons. The Morgan fingerprint density at radius 2 is 2.42 bits per heavy atom. The van der Waals surface area contributed by atoms with Crippen LogP contribution in [0.25, 0.3) is 0 Å². The maximum atomic E-state index is 11.4. The van der Waals surface area contributed by atoms with E-state index in [2.05, 4.69) is 19.6 Å². The van der Waals surface area contributed by atoms with Crippen molar-refractivity contribution in [3.8, 4) is 0 Å². The summed E-state index contributed by atoms with van der Waals surface area (Å²) < 4.78 is 0. The number of carbonyl (C=O) groups excluding carboxylic acids is 1. The van der Waals surface area contributed by atoms with Gasteiger partial charge in [-0.15, -0.1) is 6.58 Å². The lowest BCUT2D eigenvalue weighted by Crippen LogP contribution is -2.17. The second-order valence-electron chi connectivity index (χ2n) is 3.95. The molecule has 1 fully saturated rings. The van der Waals surface area contributed by atoms with Crippen molar-refractivity contribution in [3.05, 3.63) is 24.8 Å². The van der Waals surface area contributed by atoms with Gasteiger partial charge in [0.1, 0.15) is 0 Å². The lowest BCUT2D eigenvalue weighted by atomic mass is 9.88. The van der Waals surface area contributed by atoms with Gasteiger partial charge < -0.3 is 0 Å². The number of carbonyl (C=O) groups is 1. The van der Waals surface area contributed by atoms with Crippen molar-refractivity contribution in [2.75, 3.05) is 0 Å². The average molecular weight is 162 g/mol. The first-order chi connectivity index (χ1) is 5.74. The van der Waals surface area contributed by atoms with Crippen LogP contribution in [0.4, 0.5) is 0 Å². The average Bonchev–Trinajstić information content (AvgIpc) is 2.55. The topological polar surface area (TPSA) is 17.1 Å². The van der Waals surface area contributed by atoms with Gasteiger partial charge in [0.05, 0.1) is 0 Å². The minimum absolute atomic E-state index is 0.271. The molecule has 1 heteroatoms. The lowest BCUT2D eigenvalue weighted by Gasteiger charge is -2.14. The molecular weight excluding hydrogens is 148 g/mol. The standard InChI is InChI=1S/C11H14O/c1-3-8-6-9-4-5-10(12)11(9)7(8)2/h3-5,7-9,11H,1,6H2,2H3. The van der Waals surface area contributed by atoms with Gasteiger partial charge in [-0.3, -0.25) is 4.79 Å². The van der Waals surface area contributed by atoms with Crippen LogP contribution in [0, 0.1) is 23.7 Å². The molecule has 0 aliphatic heterocycles. The molecule has 0 N–H and O–H groups in total. The highest BCUT2D eigenvalue weighted by Gasteiger charge is 2.43. The van der Waals surface area contributed by atoms with Crippen LogP contribution >= 0.6 is 0 Å². The first-order valence-corrected chi connectivity index (χ1v) is 4.58. The highest BCUT2D eigenvalue weighted by Crippen LogP contribution is 2.45. The number of fused-ring (bicyclic) bond motifs is 1. The van der Waals surface area contributed by atoms with Crippen molar-refractivity contribution in [3.63, 3.8) is 0 Å². The Balaban J connectivity index is 2.24. The normalized spacial score (nSPS) is 44.9. The van der Waals surface area contributed by atoms with Crippen LogP contribution in [0.2, 0.25) is 0 Å². The van der Waals surface area contributed by atoms with Crippen molar-refractivity contribution in [2.45, 2.75) is 13.3 Å². The van der Waals surface area contributed by atoms with Gasteiger partial charge in [-0.1, -0.05) is 19.1 Å². The summed E-state index contributed by atoms with van der Waals surface area (Å²) in [6.45, 7) is 5.98. The van der Waals surface area contributed by atoms with Crippen molar-refractivity contribution < 1.29 is 4.79 Å². The van der Waals surface area contributed by atoms with Crippen LogP contribution in [-0.4, -0.2) is 5.78 Å².